The zero-order chi connectivity index (χ0) is 15.5. The van der Waals surface area contributed by atoms with E-state index in [1.54, 1.807) is 18.3 Å². The molecule has 1 N–H and O–H groups in total. The molecule has 1 amide bonds. The molecule has 1 aromatic heterocycles. The molecule has 1 saturated heterocycles. The summed E-state index contributed by atoms with van der Waals surface area (Å²) < 4.78 is 29.6. The summed E-state index contributed by atoms with van der Waals surface area (Å²) in [5, 5.41) is 2.75. The number of sulfonamides is 1. The molecule has 0 spiro atoms. The third-order valence-electron chi connectivity index (χ3n) is 3.43. The Morgan fingerprint density at radius 2 is 2.33 bits per heavy atom. The number of aromatic nitrogens is 1. The van der Waals surface area contributed by atoms with Crippen molar-refractivity contribution in [3.8, 4) is 5.88 Å². The van der Waals surface area contributed by atoms with Crippen LogP contribution in [0.5, 0.6) is 5.88 Å². The molecule has 0 aliphatic carbocycles. The molecule has 0 unspecified atom stereocenters. The highest BCUT2D eigenvalue weighted by Crippen LogP contribution is 2.21. The van der Waals surface area contributed by atoms with E-state index in [4.69, 9.17) is 4.74 Å². The number of nitrogens with zero attached hydrogens (tertiary/aromatic N) is 2. The van der Waals surface area contributed by atoms with Gasteiger partial charge in [-0.05, 0) is 18.9 Å². The molecule has 1 aromatic rings. The Kier molecular flexibility index (Phi) is 4.79. The molecule has 1 fully saturated rings. The molecule has 8 heteroatoms. The summed E-state index contributed by atoms with van der Waals surface area (Å²) in [6, 6.07) is 2.93. The Balaban J connectivity index is 2.02. The zero-order valence-corrected chi connectivity index (χ0v) is 12.9. The van der Waals surface area contributed by atoms with E-state index in [9.17, 15) is 13.2 Å². The van der Waals surface area contributed by atoms with Gasteiger partial charge in [0.15, 0.2) is 0 Å². The SMILES string of the molecule is COc1ncccc1CNC(=O)[C@H]1CCCN1S(C)(=O)=O. The van der Waals surface area contributed by atoms with Crippen molar-refractivity contribution in [3.05, 3.63) is 23.9 Å². The summed E-state index contributed by atoms with van der Waals surface area (Å²) in [7, 11) is -1.85. The summed E-state index contributed by atoms with van der Waals surface area (Å²) in [4.78, 5) is 16.2. The lowest BCUT2D eigenvalue weighted by Gasteiger charge is -2.21. The second-order valence-electron chi connectivity index (χ2n) is 4.92. The fraction of sp³-hybridized carbons (Fsp3) is 0.538. The van der Waals surface area contributed by atoms with Gasteiger partial charge in [0.05, 0.1) is 13.4 Å². The van der Waals surface area contributed by atoms with E-state index >= 15 is 0 Å². The number of carbonyl (C=O) groups excluding carboxylic acids is 1. The molecule has 1 aliphatic heterocycles. The average molecular weight is 313 g/mol. The minimum absolute atomic E-state index is 0.254. The summed E-state index contributed by atoms with van der Waals surface area (Å²) in [5.74, 6) is 0.160. The average Bonchev–Trinajstić information content (AvgIpc) is 2.94. The van der Waals surface area contributed by atoms with Crippen molar-refractivity contribution < 1.29 is 17.9 Å². The summed E-state index contributed by atoms with van der Waals surface area (Å²) in [5.41, 5.74) is 0.747. The molecule has 116 valence electrons. The van der Waals surface area contributed by atoms with Crippen LogP contribution in [-0.2, 0) is 21.4 Å². The monoisotopic (exact) mass is 313 g/mol. The highest BCUT2D eigenvalue weighted by molar-refractivity contribution is 7.88. The smallest absolute Gasteiger partial charge is 0.238 e. The van der Waals surface area contributed by atoms with E-state index in [-0.39, 0.29) is 12.5 Å². The molecule has 1 atom stereocenters. The van der Waals surface area contributed by atoms with Crippen molar-refractivity contribution in [3.63, 3.8) is 0 Å². The maximum Gasteiger partial charge on any atom is 0.238 e. The Labute approximate surface area is 124 Å². The fourth-order valence-electron chi connectivity index (χ4n) is 2.44. The van der Waals surface area contributed by atoms with Crippen molar-refractivity contribution in [2.24, 2.45) is 0 Å². The van der Waals surface area contributed by atoms with Crippen LogP contribution in [0.1, 0.15) is 18.4 Å². The molecule has 0 radical (unpaired) electrons. The molecular weight excluding hydrogens is 294 g/mol. The molecule has 0 saturated carbocycles. The van der Waals surface area contributed by atoms with Gasteiger partial charge in [-0.15, -0.1) is 0 Å². The lowest BCUT2D eigenvalue weighted by molar-refractivity contribution is -0.124. The predicted molar refractivity (Wildman–Crippen MR) is 77.2 cm³/mol. The van der Waals surface area contributed by atoms with Crippen LogP contribution in [0.3, 0.4) is 0 Å². The first-order chi connectivity index (χ1) is 9.93. The number of hydrogen-bond donors (Lipinski definition) is 1. The lowest BCUT2D eigenvalue weighted by atomic mass is 10.2. The van der Waals surface area contributed by atoms with Crippen LogP contribution in [0.25, 0.3) is 0 Å². The van der Waals surface area contributed by atoms with E-state index in [1.807, 2.05) is 0 Å². The molecular formula is C13H19N3O4S. The van der Waals surface area contributed by atoms with Crippen LogP contribution in [0.2, 0.25) is 0 Å². The van der Waals surface area contributed by atoms with Crippen LogP contribution in [0, 0.1) is 0 Å². The van der Waals surface area contributed by atoms with Crippen LogP contribution in [-0.4, -0.2) is 49.6 Å². The Morgan fingerprint density at radius 1 is 1.57 bits per heavy atom. The minimum atomic E-state index is -3.36. The first-order valence-corrected chi connectivity index (χ1v) is 8.50. The lowest BCUT2D eigenvalue weighted by Crippen LogP contribution is -2.45. The van der Waals surface area contributed by atoms with E-state index in [1.165, 1.54) is 11.4 Å². The predicted octanol–water partition coefficient (Wildman–Crippen LogP) is 0.130. The van der Waals surface area contributed by atoms with Gasteiger partial charge in [0.25, 0.3) is 0 Å². The zero-order valence-electron chi connectivity index (χ0n) is 12.1. The molecule has 21 heavy (non-hydrogen) atoms. The quantitative estimate of drug-likeness (QED) is 0.835. The Morgan fingerprint density at radius 3 is 3.00 bits per heavy atom. The number of hydrogen-bond acceptors (Lipinski definition) is 5. The molecule has 2 heterocycles. The van der Waals surface area contributed by atoms with Gasteiger partial charge in [-0.2, -0.15) is 4.31 Å². The van der Waals surface area contributed by atoms with Gasteiger partial charge in [0, 0.05) is 24.8 Å². The number of rotatable bonds is 5. The number of ether oxygens (including phenoxy) is 1. The van der Waals surface area contributed by atoms with Gasteiger partial charge < -0.3 is 10.1 Å². The van der Waals surface area contributed by atoms with Crippen molar-refractivity contribution in [2.45, 2.75) is 25.4 Å². The number of methoxy groups -OCH3 is 1. The summed E-state index contributed by atoms with van der Waals surface area (Å²) in [6.45, 7) is 0.650. The van der Waals surface area contributed by atoms with Gasteiger partial charge in [-0.1, -0.05) is 6.07 Å². The highest BCUT2D eigenvalue weighted by atomic mass is 32.2. The molecule has 2 rings (SSSR count). The Hall–Kier alpha value is -1.67. The maximum absolute atomic E-state index is 12.2. The number of amides is 1. The highest BCUT2D eigenvalue weighted by Gasteiger charge is 2.36. The molecule has 0 bridgehead atoms. The van der Waals surface area contributed by atoms with Gasteiger partial charge in [-0.3, -0.25) is 4.79 Å². The topological polar surface area (TPSA) is 88.6 Å². The van der Waals surface area contributed by atoms with E-state index in [0.717, 1.165) is 11.8 Å². The fourth-order valence-corrected chi connectivity index (χ4v) is 3.57. The first-order valence-electron chi connectivity index (χ1n) is 6.66. The molecule has 1 aliphatic rings. The number of nitrogens with one attached hydrogen (secondary N) is 1. The maximum atomic E-state index is 12.2. The van der Waals surface area contributed by atoms with Crippen LogP contribution < -0.4 is 10.1 Å². The van der Waals surface area contributed by atoms with Gasteiger partial charge in [0.1, 0.15) is 6.04 Å². The minimum Gasteiger partial charge on any atom is -0.481 e. The largest absolute Gasteiger partial charge is 0.481 e. The summed E-state index contributed by atoms with van der Waals surface area (Å²) in [6.07, 6.45) is 3.97. The van der Waals surface area contributed by atoms with Crippen LogP contribution >= 0.6 is 0 Å². The third-order valence-corrected chi connectivity index (χ3v) is 4.72. The van der Waals surface area contributed by atoms with Crippen molar-refractivity contribution in [1.29, 1.82) is 0 Å². The van der Waals surface area contributed by atoms with Crippen molar-refractivity contribution in [2.75, 3.05) is 19.9 Å². The van der Waals surface area contributed by atoms with E-state index in [2.05, 4.69) is 10.3 Å². The van der Waals surface area contributed by atoms with Crippen molar-refractivity contribution >= 4 is 15.9 Å². The van der Waals surface area contributed by atoms with Gasteiger partial charge in [-0.25, -0.2) is 13.4 Å². The summed E-state index contributed by atoms with van der Waals surface area (Å²) >= 11 is 0. The van der Waals surface area contributed by atoms with E-state index in [0.29, 0.717) is 25.3 Å². The second kappa shape index (κ2) is 6.40. The Bertz CT molecular complexity index is 618. The van der Waals surface area contributed by atoms with Gasteiger partial charge in [0.2, 0.25) is 21.8 Å². The number of carbonyl (C=O) groups is 1. The van der Waals surface area contributed by atoms with Crippen LogP contribution in [0.4, 0.5) is 0 Å². The normalized spacial score (nSPS) is 19.4. The standard InChI is InChI=1S/C13H19N3O4S/c1-20-13-10(5-3-7-14-13)9-15-12(17)11-6-4-8-16(11)21(2,18)19/h3,5,7,11H,4,6,8-9H2,1-2H3,(H,15,17)/t11-/m1/s1. The molecule has 7 nitrogen and oxygen atoms in total. The third kappa shape index (κ3) is 3.70. The number of pyridine rings is 1. The van der Waals surface area contributed by atoms with Gasteiger partial charge >= 0.3 is 0 Å². The van der Waals surface area contributed by atoms with E-state index < -0.39 is 16.1 Å². The molecule has 0 aromatic carbocycles. The van der Waals surface area contributed by atoms with Crippen LogP contribution in [0.15, 0.2) is 18.3 Å². The first kappa shape index (κ1) is 15.7. The van der Waals surface area contributed by atoms with Crippen molar-refractivity contribution in [1.82, 2.24) is 14.6 Å². The second-order valence-corrected chi connectivity index (χ2v) is 6.86.